The molecular formula is C9H9NO2S. The molecule has 0 saturated carbocycles. The molecule has 0 aliphatic carbocycles. The van der Waals surface area contributed by atoms with Gasteiger partial charge in [-0.2, -0.15) is 12.6 Å². The molecule has 1 aromatic heterocycles. The largest absolute Gasteiger partial charge is 0.419 e. The number of rotatable bonds is 2. The molecule has 0 atom stereocenters. The summed E-state index contributed by atoms with van der Waals surface area (Å²) in [5.74, 6) is 0.318. The van der Waals surface area contributed by atoms with Crippen LogP contribution in [0.25, 0.3) is 11.1 Å². The minimum Gasteiger partial charge on any atom is -0.408 e. The summed E-state index contributed by atoms with van der Waals surface area (Å²) in [4.78, 5) is 11.3. The second-order valence-corrected chi connectivity index (χ2v) is 3.16. The lowest BCUT2D eigenvalue weighted by atomic mass is 10.3. The predicted molar refractivity (Wildman–Crippen MR) is 54.3 cm³/mol. The maximum absolute atomic E-state index is 11.3. The first-order chi connectivity index (χ1) is 6.33. The average Bonchev–Trinajstić information content (AvgIpc) is 2.44. The van der Waals surface area contributed by atoms with Crippen LogP contribution in [0, 0.1) is 0 Å². The van der Waals surface area contributed by atoms with Crippen LogP contribution in [0.15, 0.2) is 33.5 Å². The van der Waals surface area contributed by atoms with Gasteiger partial charge in [0.2, 0.25) is 0 Å². The average molecular weight is 195 g/mol. The van der Waals surface area contributed by atoms with Gasteiger partial charge in [0.15, 0.2) is 5.58 Å². The summed E-state index contributed by atoms with van der Waals surface area (Å²) >= 11 is 4.08. The minimum atomic E-state index is -0.310. The number of para-hydroxylation sites is 2. The first kappa shape index (κ1) is 8.44. The molecule has 0 aliphatic rings. The van der Waals surface area contributed by atoms with Crippen LogP contribution in [0.5, 0.6) is 0 Å². The highest BCUT2D eigenvalue weighted by Crippen LogP contribution is 2.11. The Bertz CT molecular complexity index is 472. The topological polar surface area (TPSA) is 35.1 Å². The molecule has 0 aliphatic heterocycles. The number of oxazole rings is 1. The lowest BCUT2D eigenvalue weighted by Crippen LogP contribution is -2.14. The Balaban J connectivity index is 2.71. The van der Waals surface area contributed by atoms with Crippen molar-refractivity contribution in [2.75, 3.05) is 5.75 Å². The van der Waals surface area contributed by atoms with Gasteiger partial charge in [-0.3, -0.25) is 4.57 Å². The molecule has 0 unspecified atom stereocenters. The van der Waals surface area contributed by atoms with Gasteiger partial charge in [-0.15, -0.1) is 0 Å². The molecule has 1 heterocycles. The van der Waals surface area contributed by atoms with Crippen molar-refractivity contribution >= 4 is 23.7 Å². The second kappa shape index (κ2) is 3.30. The van der Waals surface area contributed by atoms with Crippen LogP contribution in [0.4, 0.5) is 0 Å². The van der Waals surface area contributed by atoms with Crippen molar-refractivity contribution in [1.82, 2.24) is 4.57 Å². The summed E-state index contributed by atoms with van der Waals surface area (Å²) in [6, 6.07) is 7.37. The highest BCUT2D eigenvalue weighted by molar-refractivity contribution is 7.80. The number of thiol groups is 1. The maximum atomic E-state index is 11.3. The van der Waals surface area contributed by atoms with E-state index in [1.807, 2.05) is 18.2 Å². The van der Waals surface area contributed by atoms with Crippen molar-refractivity contribution in [3.8, 4) is 0 Å². The van der Waals surface area contributed by atoms with E-state index >= 15 is 0 Å². The lowest BCUT2D eigenvalue weighted by molar-refractivity contribution is 0.514. The molecule has 2 rings (SSSR count). The summed E-state index contributed by atoms with van der Waals surface area (Å²) < 4.78 is 6.61. The molecule has 4 heteroatoms. The molecule has 0 amide bonds. The molecule has 0 fully saturated rings. The smallest absolute Gasteiger partial charge is 0.408 e. The van der Waals surface area contributed by atoms with Crippen LogP contribution in [-0.4, -0.2) is 10.3 Å². The zero-order valence-corrected chi connectivity index (χ0v) is 7.83. The molecular weight excluding hydrogens is 186 g/mol. The molecule has 0 N–H and O–H groups in total. The number of hydrogen-bond donors (Lipinski definition) is 1. The van der Waals surface area contributed by atoms with E-state index in [1.54, 1.807) is 10.6 Å². The summed E-state index contributed by atoms with van der Waals surface area (Å²) in [5, 5.41) is 0. The van der Waals surface area contributed by atoms with Gasteiger partial charge in [0, 0.05) is 12.3 Å². The van der Waals surface area contributed by atoms with Crippen molar-refractivity contribution in [3.05, 3.63) is 34.8 Å². The molecule has 1 aromatic carbocycles. The fourth-order valence-corrected chi connectivity index (χ4v) is 1.53. The van der Waals surface area contributed by atoms with Crippen molar-refractivity contribution in [2.45, 2.75) is 6.54 Å². The molecule has 0 bridgehead atoms. The van der Waals surface area contributed by atoms with E-state index < -0.39 is 0 Å². The first-order valence-electron chi connectivity index (χ1n) is 4.02. The van der Waals surface area contributed by atoms with Crippen LogP contribution >= 0.6 is 12.6 Å². The van der Waals surface area contributed by atoms with E-state index in [4.69, 9.17) is 4.42 Å². The third kappa shape index (κ3) is 1.37. The Kier molecular flexibility index (Phi) is 2.14. The van der Waals surface area contributed by atoms with E-state index in [9.17, 15) is 4.79 Å². The van der Waals surface area contributed by atoms with Crippen molar-refractivity contribution < 1.29 is 4.42 Å². The number of fused-ring (bicyclic) bond motifs is 1. The quantitative estimate of drug-likeness (QED) is 0.737. The van der Waals surface area contributed by atoms with E-state index in [0.29, 0.717) is 17.9 Å². The standard InChI is InChI=1S/C9H9NO2S/c11-9-10(5-6-13)7-3-1-2-4-8(7)12-9/h1-4,13H,5-6H2. The lowest BCUT2D eigenvalue weighted by Gasteiger charge is -1.96. The highest BCUT2D eigenvalue weighted by Gasteiger charge is 2.06. The number of hydrogen-bond acceptors (Lipinski definition) is 3. The molecule has 68 valence electrons. The maximum Gasteiger partial charge on any atom is 0.419 e. The van der Waals surface area contributed by atoms with Gasteiger partial charge in [-0.1, -0.05) is 12.1 Å². The van der Waals surface area contributed by atoms with Crippen LogP contribution < -0.4 is 5.76 Å². The number of nitrogens with zero attached hydrogens (tertiary/aromatic N) is 1. The van der Waals surface area contributed by atoms with Crippen LogP contribution in [0.3, 0.4) is 0 Å². The molecule has 0 spiro atoms. The zero-order valence-electron chi connectivity index (χ0n) is 6.93. The molecule has 3 nitrogen and oxygen atoms in total. The Morgan fingerprint density at radius 1 is 1.38 bits per heavy atom. The predicted octanol–water partition coefficient (Wildman–Crippen LogP) is 1.52. The van der Waals surface area contributed by atoms with Gasteiger partial charge in [0.05, 0.1) is 5.52 Å². The van der Waals surface area contributed by atoms with Crippen molar-refractivity contribution in [1.29, 1.82) is 0 Å². The second-order valence-electron chi connectivity index (χ2n) is 2.71. The van der Waals surface area contributed by atoms with Gasteiger partial charge in [0.1, 0.15) is 0 Å². The SMILES string of the molecule is O=c1oc2ccccc2n1CCS. The van der Waals surface area contributed by atoms with Crippen LogP contribution in [-0.2, 0) is 6.54 Å². The summed E-state index contributed by atoms with van der Waals surface area (Å²) in [5.41, 5.74) is 1.47. The summed E-state index contributed by atoms with van der Waals surface area (Å²) in [6.45, 7) is 0.582. The van der Waals surface area contributed by atoms with E-state index in [0.717, 1.165) is 5.52 Å². The van der Waals surface area contributed by atoms with Crippen LogP contribution in [0.1, 0.15) is 0 Å². The molecule has 13 heavy (non-hydrogen) atoms. The van der Waals surface area contributed by atoms with Gasteiger partial charge >= 0.3 is 5.76 Å². The van der Waals surface area contributed by atoms with E-state index in [1.165, 1.54) is 0 Å². The monoisotopic (exact) mass is 195 g/mol. The van der Waals surface area contributed by atoms with Gasteiger partial charge in [-0.05, 0) is 12.1 Å². The Morgan fingerprint density at radius 3 is 2.92 bits per heavy atom. The highest BCUT2D eigenvalue weighted by atomic mass is 32.1. The third-order valence-corrected chi connectivity index (χ3v) is 2.10. The summed E-state index contributed by atoms with van der Waals surface area (Å²) in [7, 11) is 0. The van der Waals surface area contributed by atoms with Gasteiger partial charge < -0.3 is 4.42 Å². The Hall–Kier alpha value is -1.16. The normalized spacial score (nSPS) is 10.8. The van der Waals surface area contributed by atoms with Crippen molar-refractivity contribution in [2.24, 2.45) is 0 Å². The molecule has 0 saturated heterocycles. The third-order valence-electron chi connectivity index (χ3n) is 1.90. The number of aromatic nitrogens is 1. The summed E-state index contributed by atoms with van der Waals surface area (Å²) in [6.07, 6.45) is 0. The number of aryl methyl sites for hydroxylation is 1. The van der Waals surface area contributed by atoms with Gasteiger partial charge in [0.25, 0.3) is 0 Å². The van der Waals surface area contributed by atoms with Gasteiger partial charge in [-0.25, -0.2) is 4.79 Å². The number of benzene rings is 1. The van der Waals surface area contributed by atoms with E-state index in [-0.39, 0.29) is 5.76 Å². The zero-order chi connectivity index (χ0) is 9.26. The fourth-order valence-electron chi connectivity index (χ4n) is 1.33. The molecule has 2 aromatic rings. The first-order valence-corrected chi connectivity index (χ1v) is 4.65. The minimum absolute atomic E-state index is 0.310. The van der Waals surface area contributed by atoms with Crippen LogP contribution in [0.2, 0.25) is 0 Å². The molecule has 0 radical (unpaired) electrons. The Morgan fingerprint density at radius 2 is 2.15 bits per heavy atom. The van der Waals surface area contributed by atoms with E-state index in [2.05, 4.69) is 12.6 Å². The Labute approximate surface area is 80.4 Å². The fraction of sp³-hybridized carbons (Fsp3) is 0.222. The van der Waals surface area contributed by atoms with Crippen molar-refractivity contribution in [3.63, 3.8) is 0 Å².